The van der Waals surface area contributed by atoms with E-state index >= 15 is 9.00 Å². The average Bonchev–Trinajstić information content (AvgIpc) is 1.63. The van der Waals surface area contributed by atoms with Crippen LogP contribution in [0.1, 0.15) is 96.6 Å². The molecule has 5 heterocycles. The molecule has 35 nitrogen and oxygen atoms in total. The van der Waals surface area contributed by atoms with Crippen molar-refractivity contribution in [2.24, 2.45) is 35.3 Å². The molecular weight excluding hydrogens is 1390 g/mol. The van der Waals surface area contributed by atoms with Crippen molar-refractivity contribution in [1.29, 1.82) is 0 Å². The summed E-state index contributed by atoms with van der Waals surface area (Å²) in [5.41, 5.74) is 13.3. The number of carboxylic acids is 1. The summed E-state index contributed by atoms with van der Waals surface area (Å²) in [5.74, 6) is -14.4. The van der Waals surface area contributed by atoms with Gasteiger partial charge in [0.1, 0.15) is 28.9 Å². The molecule has 103 heavy (non-hydrogen) atoms. The number of aromatic nitrogens is 1. The summed E-state index contributed by atoms with van der Waals surface area (Å²) in [5, 5.41) is 61.2. The highest BCUT2D eigenvalue weighted by Crippen LogP contribution is 2.37. The predicted molar refractivity (Wildman–Crippen MR) is 371 cm³/mol. The Labute approximate surface area is 603 Å². The molecule has 12 atom stereocenters. The second-order valence-corrected chi connectivity index (χ2v) is 28.3. The number of unbranched alkanes of at least 4 members (excludes halogenated alkanes) is 1. The summed E-state index contributed by atoms with van der Waals surface area (Å²) in [6.45, 7) is 7.23. The third kappa shape index (κ3) is 26.3. The molecule has 1 fully saturated rings. The number of methoxy groups -OCH3 is 1. The molecule has 6 rings (SSSR count). The van der Waals surface area contributed by atoms with Crippen molar-refractivity contribution in [2.45, 2.75) is 139 Å². The smallest absolute Gasteiger partial charge is 0.304 e. The number of aliphatic hydroxyl groups is 3. The van der Waals surface area contributed by atoms with Gasteiger partial charge in [0.25, 0.3) is 0 Å². The van der Waals surface area contributed by atoms with E-state index in [1.54, 1.807) is 44.1 Å². The highest BCUT2D eigenvalue weighted by atomic mass is 32.2. The number of thioether (sulfide) groups is 1. The van der Waals surface area contributed by atoms with Crippen molar-refractivity contribution in [3.63, 3.8) is 0 Å². The Hall–Kier alpha value is -7.88. The van der Waals surface area contributed by atoms with Gasteiger partial charge in [-0.15, -0.1) is 5.53 Å². The lowest BCUT2D eigenvalue weighted by molar-refractivity contribution is -0.144. The molecule has 1 saturated heterocycles. The van der Waals surface area contributed by atoms with Gasteiger partial charge in [-0.2, -0.15) is 11.8 Å². The van der Waals surface area contributed by atoms with Gasteiger partial charge in [-0.05, 0) is 48.6 Å². The summed E-state index contributed by atoms with van der Waals surface area (Å²) < 4.78 is 43.5. The number of Topliss-reactive ketones (excluding diaryl/α,β-unsaturated/α-hetero) is 2. The fraction of sp³-hybridized carbons (Fsp3) is 0.667. The summed E-state index contributed by atoms with van der Waals surface area (Å²) in [4.78, 5) is 168. The van der Waals surface area contributed by atoms with E-state index in [2.05, 4.69) is 53.2 Å². The van der Waals surface area contributed by atoms with Gasteiger partial charge in [0, 0.05) is 85.3 Å². The molecule has 574 valence electrons. The number of fused-ring (bicyclic) bond motifs is 5. The number of amides is 9. The largest absolute Gasteiger partial charge is 0.496 e. The fourth-order valence-electron chi connectivity index (χ4n) is 11.9. The third-order valence-corrected chi connectivity index (χ3v) is 20.6. The van der Waals surface area contributed by atoms with Crippen LogP contribution in [0.3, 0.4) is 0 Å². The maximum Gasteiger partial charge on any atom is 0.304 e. The van der Waals surface area contributed by atoms with E-state index in [0.717, 1.165) is 4.90 Å². The van der Waals surface area contributed by atoms with E-state index in [0.29, 0.717) is 106 Å². The molecule has 4 aliphatic rings. The zero-order chi connectivity index (χ0) is 75.3. The summed E-state index contributed by atoms with van der Waals surface area (Å²) in [6.07, 6.45) is -2.50. The molecule has 16 N–H and O–H groups in total. The third-order valence-electron chi connectivity index (χ3n) is 18.0. The van der Waals surface area contributed by atoms with Gasteiger partial charge in [0.05, 0.1) is 152 Å². The van der Waals surface area contributed by atoms with Gasteiger partial charge < -0.3 is 102 Å². The monoisotopic (exact) mass is 1490 g/mol. The van der Waals surface area contributed by atoms with Crippen LogP contribution >= 0.6 is 11.8 Å². The van der Waals surface area contributed by atoms with Crippen LogP contribution in [-0.2, 0) is 99.5 Å². The van der Waals surface area contributed by atoms with Crippen molar-refractivity contribution >= 4 is 104 Å². The number of carbonyl (C=O) groups is 12. The molecule has 4 aliphatic heterocycles. The molecule has 2 aromatic rings. The average molecular weight is 1490 g/mol. The number of nitrogens with zero attached hydrogens (tertiary/aromatic N) is 2. The van der Waals surface area contributed by atoms with E-state index in [4.69, 9.17) is 34.5 Å². The molecule has 0 aliphatic carbocycles. The number of benzene rings is 1. The SMILES string of the molecule is CC[C@H](C)[C@@H]1CC(=O)CNC(=O)[C@H]2CC(=O)[C@H]([C@@H](C)[C@@H](O)CO)NC(=O)[C@@H]3C[C@@H](O)CN3C(=O)[C@H](CC(N)=O)NC(=O)[C@H](CS(=O)c3[nH]c4c(CSCCCCNC(=O)CCOCCOCCOCCOCCN5C=C(CNC(=O)C(C)CC(=O)O)NN5)c(OC)ccc4c3C2)NC(=O)CNC1=O. The predicted octanol–water partition coefficient (Wildman–Crippen LogP) is -3.46. The lowest BCUT2D eigenvalue weighted by Gasteiger charge is -2.32. The van der Waals surface area contributed by atoms with Crippen LogP contribution in [0.15, 0.2) is 29.1 Å². The highest BCUT2D eigenvalue weighted by Gasteiger charge is 2.45. The van der Waals surface area contributed by atoms with Gasteiger partial charge in [-0.3, -0.25) is 66.8 Å². The summed E-state index contributed by atoms with van der Waals surface area (Å²) in [6, 6.07) is -3.69. The number of carboxylic acid groups (broad SMARTS) is 1. The molecule has 2 unspecified atom stereocenters. The van der Waals surface area contributed by atoms with Crippen LogP contribution in [0.5, 0.6) is 5.75 Å². The standard InChI is InChI=1S/C66H101N13O22S2/c1-6-37(2)45-26-42(81)30-70-61(91)40-24-46-44-9-10-53(97-5)47(35-102-22-8-7-12-68-55(86)11-14-98-16-18-100-20-21-101-19-17-99-15-13-78-32-41(76-77-78)29-69-60(90)38(3)23-57(88)89)59(44)75-65(46)103(96)36-49(72-56(87)31-71-62(45)92)63(93)73-48(28-54(67)85)66(95)79-33-43(82)27-50(79)64(94)74-58(51(83)25-40)39(4)52(84)34-80/h9-10,32,37-40,43,45,48-50,52,58,75-77,80,82,84H,6-8,11-31,33-36H2,1-5H3,(H2,67,85)(H,68,86)(H,69,90)(H,70,91)(H,71,92)(H,72,87)(H,73,93)(H,74,94)(H,88,89)/t37-,38?,39-,40+,43+,45-,48-,49-,50-,52-,58-,103?/m0/s1. The van der Waals surface area contributed by atoms with Crippen molar-refractivity contribution in [1.82, 2.24) is 63.1 Å². The first-order chi connectivity index (χ1) is 49.2. The molecule has 37 heteroatoms. The second kappa shape index (κ2) is 42.8. The number of aliphatic hydroxyl groups excluding tert-OH is 3. The highest BCUT2D eigenvalue weighted by molar-refractivity contribution is 7.98. The zero-order valence-electron chi connectivity index (χ0n) is 58.8. The molecule has 9 amide bonds. The zero-order valence-corrected chi connectivity index (χ0v) is 60.4. The number of carbonyl (C=O) groups excluding carboxylic acids is 11. The second-order valence-electron chi connectivity index (χ2n) is 25.8. The molecular formula is C66H101N13O22S2. The number of hydrogen-bond acceptors (Lipinski definition) is 25. The van der Waals surface area contributed by atoms with Crippen molar-refractivity contribution in [3.05, 3.63) is 35.2 Å². The Morgan fingerprint density at radius 3 is 2.19 bits per heavy atom. The quantitative estimate of drug-likeness (QED) is 0.0298. The minimum Gasteiger partial charge on any atom is -0.496 e. The molecule has 0 spiro atoms. The van der Waals surface area contributed by atoms with Crippen LogP contribution in [-0.4, -0.2) is 264 Å². The molecule has 1 aromatic carbocycles. The van der Waals surface area contributed by atoms with Crippen LogP contribution in [0.2, 0.25) is 0 Å². The minimum absolute atomic E-state index is 0.0922. The number of nitrogens with one attached hydrogen (secondary N) is 10. The van der Waals surface area contributed by atoms with E-state index in [9.17, 15) is 68.1 Å². The van der Waals surface area contributed by atoms with E-state index in [1.165, 1.54) is 25.8 Å². The fourth-order valence-corrected chi connectivity index (χ4v) is 14.4. The molecule has 0 radical (unpaired) electrons. The first-order valence-electron chi connectivity index (χ1n) is 34.5. The van der Waals surface area contributed by atoms with Gasteiger partial charge in [0.15, 0.2) is 11.6 Å². The minimum atomic E-state index is -2.42. The van der Waals surface area contributed by atoms with Crippen LogP contribution < -0.4 is 58.6 Å². The Kier molecular flexibility index (Phi) is 34.9. The Balaban J connectivity index is 1.10. The van der Waals surface area contributed by atoms with Gasteiger partial charge in [0.2, 0.25) is 53.2 Å². The number of nitrogens with two attached hydrogens (primary N) is 1. The van der Waals surface area contributed by atoms with Gasteiger partial charge in [-0.25, -0.2) is 0 Å². The number of primary amides is 1. The van der Waals surface area contributed by atoms with E-state index < -0.39 is 200 Å². The van der Waals surface area contributed by atoms with Gasteiger partial charge in [-0.1, -0.05) is 34.1 Å². The van der Waals surface area contributed by atoms with Gasteiger partial charge >= 0.3 is 5.97 Å². The number of ether oxygens (including phenoxy) is 5. The molecule has 2 bridgehead atoms. The van der Waals surface area contributed by atoms with Crippen molar-refractivity contribution in [3.8, 4) is 5.75 Å². The first kappa shape index (κ1) is 84.1. The Morgan fingerprint density at radius 1 is 0.835 bits per heavy atom. The lowest BCUT2D eigenvalue weighted by Crippen LogP contribution is -2.60. The Morgan fingerprint density at radius 2 is 1.52 bits per heavy atom. The number of H-pyrrole nitrogens is 1. The number of aromatic amines is 1. The molecule has 0 saturated carbocycles. The number of hydrazine groups is 2. The van der Waals surface area contributed by atoms with Crippen LogP contribution in [0.25, 0.3) is 10.9 Å². The summed E-state index contributed by atoms with van der Waals surface area (Å²) in [7, 11) is -0.974. The van der Waals surface area contributed by atoms with Crippen molar-refractivity contribution < 1.29 is 106 Å². The number of hydrogen-bond donors (Lipinski definition) is 15. The topological polar surface area (TPSA) is 506 Å². The van der Waals surface area contributed by atoms with E-state index in [1.807, 2.05) is 0 Å². The normalized spacial score (nSPS) is 23.2. The summed E-state index contributed by atoms with van der Waals surface area (Å²) >= 11 is 1.50. The number of aliphatic carboxylic acids is 1. The number of rotatable bonds is 35. The maximum absolute atomic E-state index is 15.4. The van der Waals surface area contributed by atoms with Crippen LogP contribution in [0.4, 0.5) is 0 Å². The van der Waals surface area contributed by atoms with Crippen molar-refractivity contribution in [2.75, 3.05) is 117 Å². The van der Waals surface area contributed by atoms with Crippen LogP contribution in [0, 0.1) is 29.6 Å². The lowest BCUT2D eigenvalue weighted by atomic mass is 9.85. The first-order valence-corrected chi connectivity index (χ1v) is 37.0. The number of ketones is 2. The van der Waals surface area contributed by atoms with E-state index in [-0.39, 0.29) is 60.8 Å². The molecule has 1 aromatic heterocycles. The maximum atomic E-state index is 15.4. The Bertz CT molecular complexity index is 3340.